The van der Waals surface area contributed by atoms with E-state index < -0.39 is 0 Å². The summed E-state index contributed by atoms with van der Waals surface area (Å²) >= 11 is 3.87. The van der Waals surface area contributed by atoms with Crippen LogP contribution in [0.25, 0.3) is 0 Å². The molecule has 0 aromatic carbocycles. The molecule has 94 valence electrons. The average Bonchev–Trinajstić information content (AvgIpc) is 2.76. The fourth-order valence-corrected chi connectivity index (χ4v) is 3.46. The van der Waals surface area contributed by atoms with Crippen molar-refractivity contribution >= 4 is 39.8 Å². The van der Waals surface area contributed by atoms with Gasteiger partial charge in [0, 0.05) is 25.0 Å². The van der Waals surface area contributed by atoms with Crippen molar-refractivity contribution in [1.29, 1.82) is 0 Å². The number of rotatable bonds is 3. The Morgan fingerprint density at radius 2 is 2.47 bits per heavy atom. The fourth-order valence-electron chi connectivity index (χ4n) is 2.14. The van der Waals surface area contributed by atoms with Crippen molar-refractivity contribution < 1.29 is 4.79 Å². The summed E-state index contributed by atoms with van der Waals surface area (Å²) < 4.78 is 1.16. The molecule has 1 aromatic heterocycles. The van der Waals surface area contributed by atoms with Crippen molar-refractivity contribution in [2.75, 3.05) is 20.1 Å². The Labute approximate surface area is 120 Å². The van der Waals surface area contributed by atoms with E-state index in [-0.39, 0.29) is 5.91 Å². The number of likely N-dealkylation sites (N-methyl/N-ethyl adjacent to an activating group) is 1. The number of nitrogens with one attached hydrogen (secondary N) is 1. The first kappa shape index (κ1) is 13.3. The lowest BCUT2D eigenvalue weighted by Crippen LogP contribution is -2.44. The van der Waals surface area contributed by atoms with Crippen LogP contribution in [0.15, 0.2) is 11.4 Å². The van der Waals surface area contributed by atoms with Crippen LogP contribution in [0.5, 0.6) is 0 Å². The zero-order valence-electron chi connectivity index (χ0n) is 9.91. The third-order valence-electron chi connectivity index (χ3n) is 3.07. The molecule has 1 aliphatic heterocycles. The Hall–Kier alpha value is -0.140. The second-order valence-electron chi connectivity index (χ2n) is 4.47. The maximum atomic E-state index is 12.1. The van der Waals surface area contributed by atoms with Gasteiger partial charge in [-0.2, -0.15) is 0 Å². The Kier molecular flexibility index (Phi) is 4.81. The lowest BCUT2D eigenvalue weighted by Gasteiger charge is -2.28. The molecule has 1 N–H and O–H groups in total. The molecule has 1 saturated heterocycles. The van der Waals surface area contributed by atoms with Gasteiger partial charge in [0.1, 0.15) is 0 Å². The summed E-state index contributed by atoms with van der Waals surface area (Å²) in [5.41, 5.74) is 0.817. The molecule has 0 saturated carbocycles. The standard InChI is InChI=1S/C12H17IN2OS/c1-15(7-10-4-2-3-5-14-10)12(16)9-6-11(13)17-8-9/h6,8,10,14H,2-5,7H2,1H3. The molecule has 1 aliphatic rings. The van der Waals surface area contributed by atoms with Crippen molar-refractivity contribution in [3.63, 3.8) is 0 Å². The van der Waals surface area contributed by atoms with Gasteiger partial charge in [-0.25, -0.2) is 0 Å². The van der Waals surface area contributed by atoms with Gasteiger partial charge in [0.05, 0.1) is 8.45 Å². The quantitative estimate of drug-likeness (QED) is 0.837. The van der Waals surface area contributed by atoms with E-state index in [1.165, 1.54) is 19.3 Å². The third-order valence-corrected chi connectivity index (χ3v) is 4.86. The third kappa shape index (κ3) is 3.66. The van der Waals surface area contributed by atoms with E-state index >= 15 is 0 Å². The molecule has 1 fully saturated rings. The molecular formula is C12H17IN2OS. The topological polar surface area (TPSA) is 32.3 Å². The first-order valence-electron chi connectivity index (χ1n) is 5.89. The SMILES string of the molecule is CN(CC1CCCCN1)C(=O)c1csc(I)c1. The highest BCUT2D eigenvalue weighted by Crippen LogP contribution is 2.18. The first-order chi connectivity index (χ1) is 8.16. The van der Waals surface area contributed by atoms with Crippen LogP contribution in [0.2, 0.25) is 0 Å². The van der Waals surface area contributed by atoms with Crippen molar-refractivity contribution in [3.8, 4) is 0 Å². The van der Waals surface area contributed by atoms with Gasteiger partial charge in [0.15, 0.2) is 0 Å². The molecule has 3 nitrogen and oxygen atoms in total. The van der Waals surface area contributed by atoms with Crippen molar-refractivity contribution in [2.45, 2.75) is 25.3 Å². The van der Waals surface area contributed by atoms with Gasteiger partial charge in [-0.05, 0) is 48.0 Å². The maximum absolute atomic E-state index is 12.1. The molecule has 2 heterocycles. The maximum Gasteiger partial charge on any atom is 0.254 e. The number of nitrogens with zero attached hydrogens (tertiary/aromatic N) is 1. The van der Waals surface area contributed by atoms with E-state index in [2.05, 4.69) is 27.9 Å². The number of piperidine rings is 1. The van der Waals surface area contributed by atoms with Crippen LogP contribution in [0.4, 0.5) is 0 Å². The molecule has 17 heavy (non-hydrogen) atoms. The number of carbonyl (C=O) groups excluding carboxylic acids is 1. The van der Waals surface area contributed by atoms with E-state index in [0.29, 0.717) is 6.04 Å². The van der Waals surface area contributed by atoms with Gasteiger partial charge in [-0.3, -0.25) is 4.79 Å². The van der Waals surface area contributed by atoms with Crippen LogP contribution in [0, 0.1) is 2.88 Å². The van der Waals surface area contributed by atoms with Gasteiger partial charge < -0.3 is 10.2 Å². The number of amides is 1. The second kappa shape index (κ2) is 6.15. The van der Waals surface area contributed by atoms with Crippen LogP contribution < -0.4 is 5.32 Å². The van der Waals surface area contributed by atoms with Gasteiger partial charge in [-0.1, -0.05) is 6.42 Å². The predicted octanol–water partition coefficient (Wildman–Crippen LogP) is 2.57. The smallest absolute Gasteiger partial charge is 0.254 e. The van der Waals surface area contributed by atoms with Crippen molar-refractivity contribution in [2.24, 2.45) is 0 Å². The molecular weight excluding hydrogens is 347 g/mol. The Balaban J connectivity index is 1.90. The normalized spacial score (nSPS) is 20.2. The van der Waals surface area contributed by atoms with Crippen LogP contribution >= 0.6 is 33.9 Å². The van der Waals surface area contributed by atoms with Gasteiger partial charge in [0.25, 0.3) is 5.91 Å². The molecule has 1 atom stereocenters. The first-order valence-corrected chi connectivity index (χ1v) is 7.85. The lowest BCUT2D eigenvalue weighted by molar-refractivity contribution is 0.0776. The Bertz CT molecular complexity index is 388. The van der Waals surface area contributed by atoms with Gasteiger partial charge in [0.2, 0.25) is 0 Å². The molecule has 0 radical (unpaired) electrons. The number of thiophene rings is 1. The lowest BCUT2D eigenvalue weighted by atomic mass is 10.0. The van der Waals surface area contributed by atoms with E-state index in [4.69, 9.17) is 0 Å². The Morgan fingerprint density at radius 3 is 3.06 bits per heavy atom. The number of hydrogen-bond acceptors (Lipinski definition) is 3. The minimum absolute atomic E-state index is 0.136. The molecule has 0 aliphatic carbocycles. The highest BCUT2D eigenvalue weighted by Gasteiger charge is 2.19. The molecule has 1 unspecified atom stereocenters. The number of carbonyl (C=O) groups is 1. The van der Waals surface area contributed by atoms with Crippen molar-refractivity contribution in [1.82, 2.24) is 10.2 Å². The summed E-state index contributed by atoms with van der Waals surface area (Å²) in [6.45, 7) is 1.90. The summed E-state index contributed by atoms with van der Waals surface area (Å²) in [6, 6.07) is 2.42. The molecule has 2 rings (SSSR count). The molecule has 1 amide bonds. The molecule has 5 heteroatoms. The molecule has 0 spiro atoms. The monoisotopic (exact) mass is 364 g/mol. The van der Waals surface area contributed by atoms with Crippen molar-refractivity contribution in [3.05, 3.63) is 19.9 Å². The zero-order chi connectivity index (χ0) is 12.3. The Morgan fingerprint density at radius 1 is 1.65 bits per heavy atom. The predicted molar refractivity (Wildman–Crippen MR) is 79.6 cm³/mol. The highest BCUT2D eigenvalue weighted by atomic mass is 127. The summed E-state index contributed by atoms with van der Waals surface area (Å²) in [5.74, 6) is 0.136. The largest absolute Gasteiger partial charge is 0.340 e. The summed E-state index contributed by atoms with van der Waals surface area (Å²) in [7, 11) is 1.89. The van der Waals surface area contributed by atoms with Gasteiger partial charge in [-0.15, -0.1) is 11.3 Å². The van der Waals surface area contributed by atoms with E-state index in [1.54, 1.807) is 11.3 Å². The summed E-state index contributed by atoms with van der Waals surface area (Å²) in [6.07, 6.45) is 3.71. The van der Waals surface area contributed by atoms with Crippen LogP contribution in [-0.4, -0.2) is 37.0 Å². The van der Waals surface area contributed by atoms with E-state index in [1.807, 2.05) is 23.4 Å². The second-order valence-corrected chi connectivity index (χ2v) is 7.28. The number of hydrogen-bond donors (Lipinski definition) is 1. The van der Waals surface area contributed by atoms with Crippen LogP contribution in [-0.2, 0) is 0 Å². The van der Waals surface area contributed by atoms with E-state index in [0.717, 1.165) is 21.5 Å². The minimum atomic E-state index is 0.136. The summed E-state index contributed by atoms with van der Waals surface area (Å²) in [4.78, 5) is 14.0. The van der Waals surface area contributed by atoms with Crippen LogP contribution in [0.1, 0.15) is 29.6 Å². The summed E-state index contributed by atoms with van der Waals surface area (Å²) in [5, 5.41) is 5.41. The minimum Gasteiger partial charge on any atom is -0.340 e. The highest BCUT2D eigenvalue weighted by molar-refractivity contribution is 14.1. The average molecular weight is 364 g/mol. The molecule has 0 bridgehead atoms. The molecule has 1 aromatic rings. The van der Waals surface area contributed by atoms with E-state index in [9.17, 15) is 4.79 Å². The van der Waals surface area contributed by atoms with Gasteiger partial charge >= 0.3 is 0 Å². The zero-order valence-corrected chi connectivity index (χ0v) is 12.9. The fraction of sp³-hybridized carbons (Fsp3) is 0.583. The number of halogens is 1. The van der Waals surface area contributed by atoms with Crippen LogP contribution in [0.3, 0.4) is 0 Å².